The summed E-state index contributed by atoms with van der Waals surface area (Å²) in [6.45, 7) is 5.41. The van der Waals surface area contributed by atoms with Gasteiger partial charge in [-0.25, -0.2) is 0 Å². The summed E-state index contributed by atoms with van der Waals surface area (Å²) in [7, 11) is -3.99. The molecule has 0 aliphatic carbocycles. The van der Waals surface area contributed by atoms with Crippen molar-refractivity contribution in [1.29, 1.82) is 0 Å². The summed E-state index contributed by atoms with van der Waals surface area (Å²) in [4.78, 5) is 17.9. The molecule has 0 atom stereocenters. The molecule has 0 saturated heterocycles. The molecule has 1 heterocycles. The van der Waals surface area contributed by atoms with E-state index in [-0.39, 0.29) is 12.1 Å². The number of benzene rings is 2. The molecular formula is C28H36F3N2O4P. The van der Waals surface area contributed by atoms with E-state index in [0.29, 0.717) is 62.2 Å². The van der Waals surface area contributed by atoms with Gasteiger partial charge in [0, 0.05) is 24.3 Å². The Kier molecular flexibility index (Phi) is 10.6. The van der Waals surface area contributed by atoms with Crippen molar-refractivity contribution in [3.05, 3.63) is 77.0 Å². The van der Waals surface area contributed by atoms with Crippen LogP contribution in [0.3, 0.4) is 0 Å². The first kappa shape index (κ1) is 30.0. The molecule has 0 radical (unpaired) electrons. The fourth-order valence-electron chi connectivity index (χ4n) is 4.31. The number of hydrogen-bond donors (Lipinski definition) is 4. The van der Waals surface area contributed by atoms with Crippen molar-refractivity contribution in [2.24, 2.45) is 5.92 Å². The first-order valence-electron chi connectivity index (χ1n) is 12.8. The Balaban J connectivity index is 1.60. The van der Waals surface area contributed by atoms with Gasteiger partial charge >= 0.3 is 13.8 Å². The quantitative estimate of drug-likeness (QED) is 0.129. The lowest BCUT2D eigenvalue weighted by atomic mass is 9.94. The molecule has 3 rings (SSSR count). The third-order valence-electron chi connectivity index (χ3n) is 6.07. The smallest absolute Gasteiger partial charge is 0.416 e. The van der Waals surface area contributed by atoms with E-state index < -0.39 is 19.3 Å². The van der Waals surface area contributed by atoms with Crippen LogP contribution in [-0.4, -0.2) is 29.0 Å². The Bertz CT molecular complexity index is 1210. The molecule has 4 N–H and O–H groups in total. The van der Waals surface area contributed by atoms with Gasteiger partial charge in [0.1, 0.15) is 5.76 Å². The van der Waals surface area contributed by atoms with Crippen molar-refractivity contribution in [3.63, 3.8) is 0 Å². The van der Waals surface area contributed by atoms with Crippen molar-refractivity contribution in [3.8, 4) is 11.3 Å². The molecule has 0 aliphatic heterocycles. The number of anilines is 1. The van der Waals surface area contributed by atoms with E-state index in [1.807, 2.05) is 38.1 Å². The maximum Gasteiger partial charge on any atom is 0.416 e. The van der Waals surface area contributed by atoms with Gasteiger partial charge in [0.2, 0.25) is 0 Å². The molecule has 0 saturated carbocycles. The minimum Gasteiger partial charge on any atom is -0.464 e. The number of halogens is 3. The molecule has 6 nitrogen and oxygen atoms in total. The summed E-state index contributed by atoms with van der Waals surface area (Å²) >= 11 is 0. The molecule has 1 aromatic heterocycles. The van der Waals surface area contributed by atoms with Crippen LogP contribution in [-0.2, 0) is 30.1 Å². The lowest BCUT2D eigenvalue weighted by Crippen LogP contribution is -2.16. The van der Waals surface area contributed by atoms with Gasteiger partial charge in [-0.1, -0.05) is 32.0 Å². The van der Waals surface area contributed by atoms with Crippen molar-refractivity contribution < 1.29 is 31.9 Å². The molecule has 0 aliphatic rings. The minimum absolute atomic E-state index is 0.143. The highest BCUT2D eigenvalue weighted by Gasteiger charge is 2.33. The van der Waals surface area contributed by atoms with E-state index in [9.17, 15) is 17.7 Å². The first-order valence-corrected chi connectivity index (χ1v) is 14.6. The second kappa shape index (κ2) is 13.5. The molecule has 208 valence electrons. The second-order valence-corrected chi connectivity index (χ2v) is 11.7. The topological polar surface area (TPSA) is 94.7 Å². The maximum atomic E-state index is 13.6. The van der Waals surface area contributed by atoms with Gasteiger partial charge in [0.15, 0.2) is 0 Å². The maximum absolute atomic E-state index is 13.6. The molecule has 0 bridgehead atoms. The minimum atomic E-state index is -4.37. The summed E-state index contributed by atoms with van der Waals surface area (Å²) in [6.07, 6.45) is -0.989. The zero-order valence-electron chi connectivity index (χ0n) is 21.7. The Hall–Kier alpha value is -2.58. The summed E-state index contributed by atoms with van der Waals surface area (Å²) in [5.74, 6) is 0.830. The van der Waals surface area contributed by atoms with E-state index in [0.717, 1.165) is 16.8 Å². The van der Waals surface area contributed by atoms with Gasteiger partial charge in [-0.05, 0) is 85.2 Å². The van der Waals surface area contributed by atoms with Gasteiger partial charge in [-0.2, -0.15) is 13.2 Å². The Morgan fingerprint density at radius 2 is 1.76 bits per heavy atom. The van der Waals surface area contributed by atoms with Crippen molar-refractivity contribution in [1.82, 2.24) is 5.32 Å². The fraction of sp³-hybridized carbons (Fsp3) is 0.429. The van der Waals surface area contributed by atoms with Gasteiger partial charge in [-0.15, -0.1) is 0 Å². The van der Waals surface area contributed by atoms with Crippen LogP contribution in [0.4, 0.5) is 18.9 Å². The number of rotatable bonds is 14. The first-order chi connectivity index (χ1) is 17.9. The molecule has 0 fully saturated rings. The predicted octanol–water partition coefficient (Wildman–Crippen LogP) is 6.87. The van der Waals surface area contributed by atoms with Gasteiger partial charge < -0.3 is 24.8 Å². The average Bonchev–Trinajstić information content (AvgIpc) is 3.36. The lowest BCUT2D eigenvalue weighted by molar-refractivity contribution is -0.138. The highest BCUT2D eigenvalue weighted by atomic mass is 31.2. The van der Waals surface area contributed by atoms with Crippen LogP contribution >= 0.6 is 7.60 Å². The Morgan fingerprint density at radius 1 is 1.00 bits per heavy atom. The number of nitrogens with one attached hydrogen (secondary N) is 2. The van der Waals surface area contributed by atoms with Crippen LogP contribution in [0.5, 0.6) is 0 Å². The molecular weight excluding hydrogens is 516 g/mol. The predicted molar refractivity (Wildman–Crippen MR) is 144 cm³/mol. The van der Waals surface area contributed by atoms with Crippen LogP contribution in [0.1, 0.15) is 48.9 Å². The fourth-order valence-corrected chi connectivity index (χ4v) is 4.88. The summed E-state index contributed by atoms with van der Waals surface area (Å²) in [5, 5.41) is 6.58. The lowest BCUT2D eigenvalue weighted by Gasteiger charge is -2.16. The number of furan rings is 1. The zero-order valence-corrected chi connectivity index (χ0v) is 22.6. The van der Waals surface area contributed by atoms with E-state index in [2.05, 4.69) is 10.6 Å². The Morgan fingerprint density at radius 3 is 2.42 bits per heavy atom. The van der Waals surface area contributed by atoms with Crippen LogP contribution in [0, 0.1) is 5.92 Å². The van der Waals surface area contributed by atoms with Crippen LogP contribution < -0.4 is 10.6 Å². The highest BCUT2D eigenvalue weighted by molar-refractivity contribution is 7.51. The molecule has 3 aromatic rings. The number of alkyl halides is 3. The summed E-state index contributed by atoms with van der Waals surface area (Å²) in [5.41, 5.74) is 3.17. The van der Waals surface area contributed by atoms with Crippen LogP contribution in [0.25, 0.3) is 11.3 Å². The number of hydrogen-bond acceptors (Lipinski definition) is 4. The monoisotopic (exact) mass is 552 g/mol. The molecule has 2 aromatic carbocycles. The summed E-state index contributed by atoms with van der Waals surface area (Å²) < 4.78 is 57.4. The van der Waals surface area contributed by atoms with Crippen LogP contribution in [0.15, 0.2) is 59.2 Å². The van der Waals surface area contributed by atoms with Gasteiger partial charge in [0.05, 0.1) is 18.0 Å². The second-order valence-electron chi connectivity index (χ2n) is 9.89. The van der Waals surface area contributed by atoms with E-state index >= 15 is 0 Å². The zero-order chi connectivity index (χ0) is 27.8. The highest BCUT2D eigenvalue weighted by Crippen LogP contribution is 2.35. The Labute approximate surface area is 221 Å². The molecule has 0 spiro atoms. The van der Waals surface area contributed by atoms with Crippen molar-refractivity contribution in [2.45, 2.75) is 52.3 Å². The average molecular weight is 553 g/mol. The summed E-state index contributed by atoms with van der Waals surface area (Å²) in [6, 6.07) is 14.2. The van der Waals surface area contributed by atoms with Crippen molar-refractivity contribution in [2.75, 3.05) is 24.6 Å². The normalized spacial score (nSPS) is 12.3. The molecule has 0 amide bonds. The SMILES string of the molecule is CC(C)Cc1ccc(CCCNc2ccc(CNCCCP(=O)(O)O)cc2-c2ccco2)cc1C(F)(F)F. The molecule has 0 unspecified atom stereocenters. The largest absolute Gasteiger partial charge is 0.464 e. The van der Waals surface area contributed by atoms with Gasteiger partial charge in [-0.3, -0.25) is 4.57 Å². The molecule has 38 heavy (non-hydrogen) atoms. The van der Waals surface area contributed by atoms with Crippen molar-refractivity contribution >= 4 is 13.3 Å². The van der Waals surface area contributed by atoms with E-state index in [1.165, 1.54) is 6.07 Å². The van der Waals surface area contributed by atoms with Crippen LogP contribution in [0.2, 0.25) is 0 Å². The standard InChI is InChI=1S/C28H36F3N2O4P/c1-20(2)16-23-10-8-21(18-25(23)28(29,30)31)6-3-13-33-26-11-9-22(17-24(26)27-7-4-14-37-27)19-32-12-5-15-38(34,35)36/h4,7-11,14,17-18,20,32-33H,3,5-6,12-13,15-16,19H2,1-2H3,(H2,34,35,36). The molecule has 10 heteroatoms. The van der Waals surface area contributed by atoms with E-state index in [1.54, 1.807) is 24.5 Å². The van der Waals surface area contributed by atoms with E-state index in [4.69, 9.17) is 14.2 Å². The third kappa shape index (κ3) is 9.62. The third-order valence-corrected chi connectivity index (χ3v) is 6.97. The van der Waals surface area contributed by atoms with Gasteiger partial charge in [0.25, 0.3) is 0 Å². The number of aryl methyl sites for hydroxylation is 1.